The lowest BCUT2D eigenvalue weighted by Gasteiger charge is -2.04. The molecule has 7 nitrogen and oxygen atoms in total. The van der Waals surface area contributed by atoms with Crippen molar-refractivity contribution in [3.8, 4) is 5.75 Å². The van der Waals surface area contributed by atoms with Crippen LogP contribution in [-0.4, -0.2) is 23.9 Å². The predicted octanol–water partition coefficient (Wildman–Crippen LogP) is 4.25. The zero-order chi connectivity index (χ0) is 18.8. The number of ether oxygens (including phenoxy) is 2. The molecule has 0 N–H and O–H groups in total. The number of carbonyl (C=O) groups is 1. The molecule has 0 atom stereocenters. The van der Waals surface area contributed by atoms with Gasteiger partial charge in [-0.25, -0.2) is 9.79 Å². The summed E-state index contributed by atoms with van der Waals surface area (Å²) in [5.41, 5.74) is 0.637. The van der Waals surface area contributed by atoms with E-state index in [4.69, 9.17) is 32.7 Å². The van der Waals surface area contributed by atoms with Crippen LogP contribution in [0.3, 0.4) is 0 Å². The molecule has 0 aliphatic carbocycles. The molecule has 0 aromatic heterocycles. The Morgan fingerprint density at radius 1 is 1.19 bits per heavy atom. The fourth-order valence-electron chi connectivity index (χ4n) is 2.26. The second-order valence-corrected chi connectivity index (χ2v) is 5.96. The van der Waals surface area contributed by atoms with Crippen LogP contribution < -0.4 is 4.74 Å². The van der Waals surface area contributed by atoms with Gasteiger partial charge in [0, 0.05) is 23.3 Å². The number of hydrogen-bond acceptors (Lipinski definition) is 6. The molecule has 2 aromatic rings. The molecule has 26 heavy (non-hydrogen) atoms. The molecule has 0 bridgehead atoms. The predicted molar refractivity (Wildman–Crippen MR) is 96.7 cm³/mol. The van der Waals surface area contributed by atoms with Crippen molar-refractivity contribution in [1.29, 1.82) is 0 Å². The van der Waals surface area contributed by atoms with Crippen LogP contribution in [0.15, 0.2) is 47.1 Å². The van der Waals surface area contributed by atoms with E-state index in [9.17, 15) is 14.9 Å². The first-order valence-corrected chi connectivity index (χ1v) is 7.95. The smallest absolute Gasteiger partial charge is 0.363 e. The highest BCUT2D eigenvalue weighted by molar-refractivity contribution is 6.42. The third-order valence-corrected chi connectivity index (χ3v) is 4.24. The van der Waals surface area contributed by atoms with E-state index in [0.717, 1.165) is 0 Å². The second-order valence-electron chi connectivity index (χ2n) is 5.15. The van der Waals surface area contributed by atoms with Crippen LogP contribution in [-0.2, 0) is 9.53 Å². The minimum Gasteiger partial charge on any atom is -0.496 e. The van der Waals surface area contributed by atoms with E-state index in [2.05, 4.69) is 4.99 Å². The summed E-state index contributed by atoms with van der Waals surface area (Å²) >= 11 is 11.8. The number of nitro groups is 1. The van der Waals surface area contributed by atoms with Gasteiger partial charge in [-0.1, -0.05) is 23.2 Å². The maximum atomic E-state index is 12.1. The molecule has 3 rings (SSSR count). The number of rotatable bonds is 4. The number of benzene rings is 2. The first-order chi connectivity index (χ1) is 12.4. The standard InChI is InChI=1S/C17H10Cl2N2O5/c1-25-15-5-3-11(21(23)24)6-10(15)8-14-17(22)26-16(20-14)9-2-4-12(18)13(19)7-9/h2-8H,1H3/b14-8-. The molecule has 0 unspecified atom stereocenters. The van der Waals surface area contributed by atoms with Crippen LogP contribution >= 0.6 is 23.2 Å². The molecule has 0 spiro atoms. The molecule has 132 valence electrons. The molecule has 1 aliphatic heterocycles. The van der Waals surface area contributed by atoms with Crippen molar-refractivity contribution in [1.82, 2.24) is 0 Å². The Morgan fingerprint density at radius 2 is 1.96 bits per heavy atom. The first kappa shape index (κ1) is 17.9. The van der Waals surface area contributed by atoms with Gasteiger partial charge in [0.05, 0.1) is 22.1 Å². The molecule has 0 saturated carbocycles. The number of hydrogen-bond donors (Lipinski definition) is 0. The zero-order valence-electron chi connectivity index (χ0n) is 13.2. The number of aliphatic imine (C=N–C) groups is 1. The zero-order valence-corrected chi connectivity index (χ0v) is 14.7. The molecular formula is C17H10Cl2N2O5. The van der Waals surface area contributed by atoms with Crippen molar-refractivity contribution < 1.29 is 19.2 Å². The molecule has 1 aliphatic rings. The van der Waals surface area contributed by atoms with Gasteiger partial charge < -0.3 is 9.47 Å². The summed E-state index contributed by atoms with van der Waals surface area (Å²) in [4.78, 5) is 26.6. The highest BCUT2D eigenvalue weighted by Crippen LogP contribution is 2.29. The van der Waals surface area contributed by atoms with E-state index in [1.165, 1.54) is 37.5 Å². The third kappa shape index (κ3) is 3.54. The molecule has 0 amide bonds. The van der Waals surface area contributed by atoms with Gasteiger partial charge in [-0.05, 0) is 30.3 Å². The van der Waals surface area contributed by atoms with Crippen molar-refractivity contribution in [2.24, 2.45) is 4.99 Å². The monoisotopic (exact) mass is 392 g/mol. The van der Waals surface area contributed by atoms with Crippen molar-refractivity contribution in [2.75, 3.05) is 7.11 Å². The summed E-state index contributed by atoms with van der Waals surface area (Å²) in [7, 11) is 1.42. The van der Waals surface area contributed by atoms with E-state index < -0.39 is 10.9 Å². The lowest BCUT2D eigenvalue weighted by Crippen LogP contribution is -2.05. The number of methoxy groups -OCH3 is 1. The summed E-state index contributed by atoms with van der Waals surface area (Å²) < 4.78 is 10.3. The Balaban J connectivity index is 2.02. The van der Waals surface area contributed by atoms with Gasteiger partial charge in [0.15, 0.2) is 5.70 Å². The number of cyclic esters (lactones) is 1. The van der Waals surface area contributed by atoms with Crippen LogP contribution in [0.25, 0.3) is 6.08 Å². The Bertz CT molecular complexity index is 985. The van der Waals surface area contributed by atoms with Gasteiger partial charge in [-0.2, -0.15) is 0 Å². The molecule has 0 fully saturated rings. The number of halogens is 2. The normalized spacial score (nSPS) is 15.0. The number of carbonyl (C=O) groups excluding carboxylic acids is 1. The number of nitro benzene ring substituents is 1. The minimum atomic E-state index is -0.695. The maximum absolute atomic E-state index is 12.1. The Labute approximate surface area is 157 Å². The molecule has 0 saturated heterocycles. The summed E-state index contributed by atoms with van der Waals surface area (Å²) in [5, 5.41) is 11.6. The summed E-state index contributed by atoms with van der Waals surface area (Å²) in [6.45, 7) is 0. The quantitative estimate of drug-likeness (QED) is 0.335. The fraction of sp³-hybridized carbons (Fsp3) is 0.0588. The van der Waals surface area contributed by atoms with Crippen LogP contribution in [0.1, 0.15) is 11.1 Å². The van der Waals surface area contributed by atoms with Gasteiger partial charge in [0.2, 0.25) is 5.90 Å². The largest absolute Gasteiger partial charge is 0.496 e. The Hall–Kier alpha value is -2.90. The third-order valence-electron chi connectivity index (χ3n) is 3.50. The van der Waals surface area contributed by atoms with Gasteiger partial charge >= 0.3 is 5.97 Å². The van der Waals surface area contributed by atoms with Crippen LogP contribution in [0.4, 0.5) is 5.69 Å². The average molecular weight is 393 g/mol. The number of esters is 1. The highest BCUT2D eigenvalue weighted by Gasteiger charge is 2.25. The van der Waals surface area contributed by atoms with Crippen molar-refractivity contribution in [3.05, 3.63) is 73.4 Å². The van der Waals surface area contributed by atoms with Gasteiger partial charge in [0.1, 0.15) is 5.75 Å². The Morgan fingerprint density at radius 3 is 2.62 bits per heavy atom. The van der Waals surface area contributed by atoms with E-state index in [1.54, 1.807) is 12.1 Å². The lowest BCUT2D eigenvalue weighted by atomic mass is 10.1. The molecular weight excluding hydrogens is 383 g/mol. The van der Waals surface area contributed by atoms with Gasteiger partial charge in [-0.15, -0.1) is 0 Å². The topological polar surface area (TPSA) is 91.0 Å². The van der Waals surface area contributed by atoms with Crippen LogP contribution in [0.5, 0.6) is 5.75 Å². The summed E-state index contributed by atoms with van der Waals surface area (Å²) in [6, 6.07) is 8.71. The molecule has 0 radical (unpaired) electrons. The van der Waals surface area contributed by atoms with Crippen molar-refractivity contribution in [2.45, 2.75) is 0 Å². The summed E-state index contributed by atoms with van der Waals surface area (Å²) in [5.74, 6) is -0.280. The number of nitrogens with zero attached hydrogens (tertiary/aromatic N) is 2. The fourth-order valence-corrected chi connectivity index (χ4v) is 2.56. The van der Waals surface area contributed by atoms with Crippen molar-refractivity contribution in [3.63, 3.8) is 0 Å². The van der Waals surface area contributed by atoms with Crippen LogP contribution in [0.2, 0.25) is 10.0 Å². The minimum absolute atomic E-state index is 0.0233. The second kappa shape index (κ2) is 7.15. The van der Waals surface area contributed by atoms with E-state index in [0.29, 0.717) is 26.9 Å². The molecule has 9 heteroatoms. The van der Waals surface area contributed by atoms with Crippen LogP contribution in [0, 0.1) is 10.1 Å². The lowest BCUT2D eigenvalue weighted by molar-refractivity contribution is -0.384. The number of non-ortho nitro benzene ring substituents is 1. The highest BCUT2D eigenvalue weighted by atomic mass is 35.5. The average Bonchev–Trinajstić information content (AvgIpc) is 2.98. The van der Waals surface area contributed by atoms with E-state index in [1.807, 2.05) is 0 Å². The van der Waals surface area contributed by atoms with E-state index in [-0.39, 0.29) is 17.3 Å². The Kier molecular flexibility index (Phi) is 4.92. The van der Waals surface area contributed by atoms with Crippen molar-refractivity contribution >= 4 is 46.8 Å². The molecule has 2 aromatic carbocycles. The molecule has 1 heterocycles. The van der Waals surface area contributed by atoms with E-state index >= 15 is 0 Å². The van der Waals surface area contributed by atoms with Gasteiger partial charge in [-0.3, -0.25) is 10.1 Å². The maximum Gasteiger partial charge on any atom is 0.363 e. The summed E-state index contributed by atoms with van der Waals surface area (Å²) in [6.07, 6.45) is 1.36. The SMILES string of the molecule is COc1ccc([N+](=O)[O-])cc1/C=C1\N=C(c2ccc(Cl)c(Cl)c2)OC1=O. The first-order valence-electron chi connectivity index (χ1n) is 7.19. The van der Waals surface area contributed by atoms with Gasteiger partial charge in [0.25, 0.3) is 5.69 Å².